The van der Waals surface area contributed by atoms with Crippen molar-refractivity contribution in [1.82, 2.24) is 10.3 Å². The zero-order valence-electron chi connectivity index (χ0n) is 15.2. The van der Waals surface area contributed by atoms with Crippen molar-refractivity contribution in [2.24, 2.45) is 0 Å². The second-order valence-electron chi connectivity index (χ2n) is 6.00. The van der Waals surface area contributed by atoms with E-state index in [2.05, 4.69) is 15.6 Å². The van der Waals surface area contributed by atoms with Crippen LogP contribution in [0.1, 0.15) is 24.1 Å². The second kappa shape index (κ2) is 7.78. The zero-order chi connectivity index (χ0) is 20.3. The Balaban J connectivity index is 2.30. The van der Waals surface area contributed by atoms with E-state index in [0.717, 1.165) is 0 Å². The fourth-order valence-corrected chi connectivity index (χ4v) is 3.11. The van der Waals surface area contributed by atoms with Gasteiger partial charge in [0.2, 0.25) is 0 Å². The highest BCUT2D eigenvalue weighted by Crippen LogP contribution is 2.37. The van der Waals surface area contributed by atoms with Crippen LogP contribution in [-0.2, 0) is 9.53 Å². The van der Waals surface area contributed by atoms with Crippen LogP contribution in [0.2, 0.25) is 0 Å². The van der Waals surface area contributed by atoms with E-state index < -0.39 is 16.9 Å². The second-order valence-corrected chi connectivity index (χ2v) is 6.00. The van der Waals surface area contributed by atoms with Crippen LogP contribution in [0, 0.1) is 10.1 Å². The Labute approximate surface area is 160 Å². The highest BCUT2D eigenvalue weighted by molar-refractivity contribution is 5.88. The first-order valence-corrected chi connectivity index (χ1v) is 8.33. The normalized spacial score (nSPS) is 17.7. The van der Waals surface area contributed by atoms with Gasteiger partial charge in [-0.1, -0.05) is 24.3 Å². The lowest BCUT2D eigenvalue weighted by Gasteiger charge is -2.16. The standard InChI is InChI=1S/C19H18N4O5/c1-11(21-12-7-9-20-10-8-12)15-13-5-3-4-6-14(13)16(19(24)25)22-18(28-2)17(15)23(26)27/h3-10,16,22H,1-2H3,(H,20,21)(H,24,25). The number of methoxy groups -OCH3 is 1. The molecule has 1 atom stereocenters. The maximum atomic E-state index is 11.9. The Kier molecular flexibility index (Phi) is 5.25. The molecule has 0 amide bonds. The Bertz CT molecular complexity index is 985. The molecule has 0 bridgehead atoms. The topological polar surface area (TPSA) is 127 Å². The van der Waals surface area contributed by atoms with Crippen LogP contribution in [0.25, 0.3) is 5.57 Å². The third kappa shape index (κ3) is 3.50. The summed E-state index contributed by atoms with van der Waals surface area (Å²) in [5.41, 5.74) is 1.87. The number of hydrogen-bond donors (Lipinski definition) is 3. The number of pyridine rings is 1. The van der Waals surface area contributed by atoms with E-state index in [-0.39, 0.29) is 17.2 Å². The molecule has 0 saturated carbocycles. The number of aromatic nitrogens is 1. The van der Waals surface area contributed by atoms with Crippen molar-refractivity contribution in [3.8, 4) is 0 Å². The van der Waals surface area contributed by atoms with Gasteiger partial charge in [0.05, 0.1) is 17.6 Å². The SMILES string of the molecule is COC1=C([N+](=O)[O-])C(=C(C)Nc2ccncc2)c2ccccc2C(C(=O)O)N1. The first-order valence-electron chi connectivity index (χ1n) is 8.33. The van der Waals surface area contributed by atoms with Gasteiger partial charge in [-0.2, -0.15) is 0 Å². The van der Waals surface area contributed by atoms with Gasteiger partial charge in [-0.15, -0.1) is 0 Å². The van der Waals surface area contributed by atoms with Crippen LogP contribution in [0.3, 0.4) is 0 Å². The maximum Gasteiger partial charge on any atom is 0.338 e. The van der Waals surface area contributed by atoms with Crippen LogP contribution in [0.4, 0.5) is 5.69 Å². The minimum absolute atomic E-state index is 0.223. The van der Waals surface area contributed by atoms with Crippen molar-refractivity contribution >= 4 is 17.2 Å². The average Bonchev–Trinajstić information content (AvgIpc) is 2.83. The number of nitrogens with zero attached hydrogens (tertiary/aromatic N) is 2. The molecular formula is C19H18N4O5. The summed E-state index contributed by atoms with van der Waals surface area (Å²) in [5, 5.41) is 27.4. The van der Waals surface area contributed by atoms with E-state index in [1.807, 2.05) is 0 Å². The molecule has 1 aliphatic rings. The summed E-state index contributed by atoms with van der Waals surface area (Å²) >= 11 is 0. The molecular weight excluding hydrogens is 364 g/mol. The van der Waals surface area contributed by atoms with Crippen LogP contribution in [-0.4, -0.2) is 28.1 Å². The minimum Gasteiger partial charge on any atom is -0.479 e. The number of rotatable bonds is 5. The highest BCUT2D eigenvalue weighted by Gasteiger charge is 2.38. The van der Waals surface area contributed by atoms with Crippen LogP contribution in [0.5, 0.6) is 0 Å². The molecule has 1 unspecified atom stereocenters. The van der Waals surface area contributed by atoms with E-state index in [1.165, 1.54) is 7.11 Å². The lowest BCUT2D eigenvalue weighted by atomic mass is 9.93. The van der Waals surface area contributed by atoms with Gasteiger partial charge in [0.15, 0.2) is 6.04 Å². The van der Waals surface area contributed by atoms with Gasteiger partial charge in [-0.3, -0.25) is 15.1 Å². The number of benzene rings is 1. The van der Waals surface area contributed by atoms with Gasteiger partial charge < -0.3 is 20.5 Å². The molecule has 1 aromatic carbocycles. The maximum absolute atomic E-state index is 11.9. The van der Waals surface area contributed by atoms with Crippen molar-refractivity contribution in [2.75, 3.05) is 12.4 Å². The van der Waals surface area contributed by atoms with Crippen molar-refractivity contribution < 1.29 is 19.6 Å². The van der Waals surface area contributed by atoms with Gasteiger partial charge in [0.25, 0.3) is 5.88 Å². The Morgan fingerprint density at radius 1 is 1.29 bits per heavy atom. The average molecular weight is 382 g/mol. The number of allylic oxidation sites excluding steroid dienone is 2. The Morgan fingerprint density at radius 3 is 2.57 bits per heavy atom. The molecule has 3 rings (SSSR count). The Morgan fingerprint density at radius 2 is 1.96 bits per heavy atom. The van der Waals surface area contributed by atoms with E-state index in [4.69, 9.17) is 4.74 Å². The summed E-state index contributed by atoms with van der Waals surface area (Å²) in [7, 11) is 1.25. The highest BCUT2D eigenvalue weighted by atomic mass is 16.6. The summed E-state index contributed by atoms with van der Waals surface area (Å²) in [6.45, 7) is 1.68. The zero-order valence-corrected chi connectivity index (χ0v) is 15.2. The Hall–Kier alpha value is -3.88. The number of fused-ring (bicyclic) bond motifs is 1. The van der Waals surface area contributed by atoms with Crippen molar-refractivity contribution in [3.63, 3.8) is 0 Å². The molecule has 9 nitrogen and oxygen atoms in total. The molecule has 1 aliphatic heterocycles. The molecule has 0 aliphatic carbocycles. The van der Waals surface area contributed by atoms with E-state index in [1.54, 1.807) is 55.7 Å². The molecule has 28 heavy (non-hydrogen) atoms. The minimum atomic E-state index is -1.20. The van der Waals surface area contributed by atoms with Gasteiger partial charge in [-0.25, -0.2) is 4.79 Å². The summed E-state index contributed by atoms with van der Waals surface area (Å²) in [6, 6.07) is 8.90. The lowest BCUT2D eigenvalue weighted by Crippen LogP contribution is -2.29. The van der Waals surface area contributed by atoms with Gasteiger partial charge in [-0.05, 0) is 30.2 Å². The van der Waals surface area contributed by atoms with Crippen LogP contribution in [0.15, 0.2) is 66.1 Å². The number of carboxylic acid groups (broad SMARTS) is 1. The molecule has 0 fully saturated rings. The third-order valence-corrected chi connectivity index (χ3v) is 4.29. The predicted molar refractivity (Wildman–Crippen MR) is 101 cm³/mol. The summed E-state index contributed by atoms with van der Waals surface area (Å²) in [6.07, 6.45) is 3.18. The van der Waals surface area contributed by atoms with E-state index in [9.17, 15) is 20.0 Å². The summed E-state index contributed by atoms with van der Waals surface area (Å²) < 4.78 is 5.18. The summed E-state index contributed by atoms with van der Waals surface area (Å²) in [5.74, 6) is -1.40. The number of ether oxygens (including phenoxy) is 1. The third-order valence-electron chi connectivity index (χ3n) is 4.29. The van der Waals surface area contributed by atoms with Crippen molar-refractivity contribution in [2.45, 2.75) is 13.0 Å². The largest absolute Gasteiger partial charge is 0.479 e. The molecule has 3 N–H and O–H groups in total. The monoisotopic (exact) mass is 382 g/mol. The van der Waals surface area contributed by atoms with Crippen molar-refractivity contribution in [1.29, 1.82) is 0 Å². The number of nitro groups is 1. The van der Waals surface area contributed by atoms with E-state index >= 15 is 0 Å². The molecule has 2 heterocycles. The first kappa shape index (κ1) is 18.9. The fraction of sp³-hybridized carbons (Fsp3) is 0.158. The molecule has 2 aromatic rings. The predicted octanol–water partition coefficient (Wildman–Crippen LogP) is 2.75. The van der Waals surface area contributed by atoms with E-state index in [0.29, 0.717) is 22.5 Å². The molecule has 9 heteroatoms. The van der Waals surface area contributed by atoms with Crippen molar-refractivity contribution in [3.05, 3.63) is 87.3 Å². The van der Waals surface area contributed by atoms with Gasteiger partial charge >= 0.3 is 11.7 Å². The molecule has 1 aromatic heterocycles. The quantitative estimate of drug-likeness (QED) is 0.532. The van der Waals surface area contributed by atoms with Crippen LogP contribution < -0.4 is 10.6 Å². The molecule has 0 spiro atoms. The molecule has 144 valence electrons. The number of aliphatic carboxylic acids is 1. The lowest BCUT2D eigenvalue weighted by molar-refractivity contribution is -0.420. The fourth-order valence-electron chi connectivity index (χ4n) is 3.11. The molecule has 0 radical (unpaired) electrons. The number of carboxylic acids is 1. The smallest absolute Gasteiger partial charge is 0.338 e. The number of anilines is 1. The van der Waals surface area contributed by atoms with Crippen LogP contribution >= 0.6 is 0 Å². The first-order chi connectivity index (χ1) is 13.4. The molecule has 0 saturated heterocycles. The number of carbonyl (C=O) groups is 1. The number of hydrogen-bond acceptors (Lipinski definition) is 7. The van der Waals surface area contributed by atoms with Gasteiger partial charge in [0, 0.05) is 23.8 Å². The van der Waals surface area contributed by atoms with Gasteiger partial charge in [0.1, 0.15) is 0 Å². The number of nitrogens with one attached hydrogen (secondary N) is 2. The summed E-state index contributed by atoms with van der Waals surface area (Å²) in [4.78, 5) is 27.1.